The number of fused-ring (bicyclic) bond motifs is 1. The van der Waals surface area contributed by atoms with Gasteiger partial charge in [-0.25, -0.2) is 8.78 Å². The van der Waals surface area contributed by atoms with E-state index in [2.05, 4.69) is 15.9 Å². The van der Waals surface area contributed by atoms with Crippen LogP contribution in [-0.4, -0.2) is 5.11 Å². The summed E-state index contributed by atoms with van der Waals surface area (Å²) in [6, 6.07) is 8.90. The summed E-state index contributed by atoms with van der Waals surface area (Å²) in [6.45, 7) is 0. The van der Waals surface area contributed by atoms with E-state index in [4.69, 9.17) is 16.0 Å². The molecule has 0 aliphatic heterocycles. The van der Waals surface area contributed by atoms with Crippen LogP contribution in [0.1, 0.15) is 17.4 Å². The number of aliphatic hydroxyl groups excluding tert-OH is 1. The molecular weight excluding hydrogens is 366 g/mol. The minimum Gasteiger partial charge on any atom is -0.458 e. The molecule has 2 nitrogen and oxygen atoms in total. The first-order valence-electron chi connectivity index (χ1n) is 5.98. The molecule has 0 fully saturated rings. The van der Waals surface area contributed by atoms with Crippen LogP contribution in [0.4, 0.5) is 8.78 Å². The number of rotatable bonds is 2. The number of hydrogen-bond acceptors (Lipinski definition) is 2. The van der Waals surface area contributed by atoms with Crippen molar-refractivity contribution in [3.05, 3.63) is 68.9 Å². The first-order valence-corrected chi connectivity index (χ1v) is 7.15. The van der Waals surface area contributed by atoms with Crippen molar-refractivity contribution in [2.75, 3.05) is 0 Å². The maximum atomic E-state index is 13.5. The highest BCUT2D eigenvalue weighted by Gasteiger charge is 2.21. The van der Waals surface area contributed by atoms with Gasteiger partial charge in [0.05, 0.1) is 4.47 Å². The van der Waals surface area contributed by atoms with Gasteiger partial charge in [-0.2, -0.15) is 0 Å². The molecule has 3 rings (SSSR count). The lowest BCUT2D eigenvalue weighted by Gasteiger charge is -2.11. The van der Waals surface area contributed by atoms with Gasteiger partial charge in [-0.05, 0) is 46.3 Å². The van der Waals surface area contributed by atoms with Crippen LogP contribution in [0.15, 0.2) is 45.3 Å². The van der Waals surface area contributed by atoms with Crippen LogP contribution in [0, 0.1) is 11.6 Å². The van der Waals surface area contributed by atoms with Crippen molar-refractivity contribution in [3.63, 3.8) is 0 Å². The van der Waals surface area contributed by atoms with Gasteiger partial charge in [-0.15, -0.1) is 0 Å². The van der Waals surface area contributed by atoms with Gasteiger partial charge in [0.15, 0.2) is 11.6 Å². The van der Waals surface area contributed by atoms with E-state index in [0.717, 1.165) is 11.5 Å². The third-order valence-electron chi connectivity index (χ3n) is 3.13. The lowest BCUT2D eigenvalue weighted by molar-refractivity contribution is 0.191. The average molecular weight is 374 g/mol. The van der Waals surface area contributed by atoms with Crippen molar-refractivity contribution >= 4 is 38.5 Å². The third kappa shape index (κ3) is 2.57. The van der Waals surface area contributed by atoms with Gasteiger partial charge in [-0.3, -0.25) is 0 Å². The summed E-state index contributed by atoms with van der Waals surface area (Å²) in [5.74, 6) is -1.82. The van der Waals surface area contributed by atoms with E-state index in [0.29, 0.717) is 10.6 Å². The molecule has 0 bridgehead atoms. The quantitative estimate of drug-likeness (QED) is 0.626. The molecule has 1 unspecified atom stereocenters. The maximum Gasteiger partial charge on any atom is 0.173 e. The van der Waals surface area contributed by atoms with Crippen molar-refractivity contribution in [1.82, 2.24) is 0 Å². The highest BCUT2D eigenvalue weighted by Crippen LogP contribution is 2.34. The summed E-state index contributed by atoms with van der Waals surface area (Å²) in [4.78, 5) is 0. The standard InChI is InChI=1S/C15H8BrClF2O2/c16-13-9(2-3-10(18)14(13)19)15(20)12-6-7-5-8(17)1-4-11(7)21-12/h1-6,15,20H. The molecule has 0 aliphatic carbocycles. The molecule has 0 saturated heterocycles. The smallest absolute Gasteiger partial charge is 0.173 e. The summed E-state index contributed by atoms with van der Waals surface area (Å²) in [5, 5.41) is 11.6. The molecule has 1 aromatic heterocycles. The second-order valence-corrected chi connectivity index (χ2v) is 5.73. The van der Waals surface area contributed by atoms with E-state index in [1.165, 1.54) is 6.07 Å². The highest BCUT2D eigenvalue weighted by atomic mass is 79.9. The van der Waals surface area contributed by atoms with Gasteiger partial charge < -0.3 is 9.52 Å². The molecule has 1 heterocycles. The highest BCUT2D eigenvalue weighted by molar-refractivity contribution is 9.10. The molecule has 1 atom stereocenters. The summed E-state index contributed by atoms with van der Waals surface area (Å²) in [6.07, 6.45) is -1.22. The Labute approximate surface area is 132 Å². The lowest BCUT2D eigenvalue weighted by atomic mass is 10.1. The average Bonchev–Trinajstić information content (AvgIpc) is 2.87. The Morgan fingerprint density at radius 2 is 1.90 bits per heavy atom. The summed E-state index contributed by atoms with van der Waals surface area (Å²) in [7, 11) is 0. The largest absolute Gasteiger partial charge is 0.458 e. The Balaban J connectivity index is 2.08. The molecule has 1 N–H and O–H groups in total. The van der Waals surface area contributed by atoms with Crippen LogP contribution in [-0.2, 0) is 0 Å². The molecule has 0 amide bonds. The Morgan fingerprint density at radius 3 is 2.67 bits per heavy atom. The first-order chi connectivity index (χ1) is 9.97. The zero-order valence-corrected chi connectivity index (χ0v) is 12.8. The molecule has 2 aromatic carbocycles. The molecule has 6 heteroatoms. The van der Waals surface area contributed by atoms with Crippen LogP contribution < -0.4 is 0 Å². The van der Waals surface area contributed by atoms with Crippen LogP contribution in [0.25, 0.3) is 11.0 Å². The molecular formula is C15H8BrClF2O2. The van der Waals surface area contributed by atoms with Gasteiger partial charge in [0, 0.05) is 16.0 Å². The minimum atomic E-state index is -1.22. The summed E-state index contributed by atoms with van der Waals surface area (Å²) < 4.78 is 32.0. The molecule has 0 saturated carbocycles. The van der Waals surface area contributed by atoms with E-state index < -0.39 is 17.7 Å². The number of aliphatic hydroxyl groups is 1. The van der Waals surface area contributed by atoms with Crippen LogP contribution >= 0.6 is 27.5 Å². The van der Waals surface area contributed by atoms with Gasteiger partial charge in [0.1, 0.15) is 17.4 Å². The van der Waals surface area contributed by atoms with E-state index in [9.17, 15) is 13.9 Å². The maximum absolute atomic E-state index is 13.5. The van der Waals surface area contributed by atoms with Gasteiger partial charge in [0.2, 0.25) is 0 Å². The zero-order chi connectivity index (χ0) is 15.1. The topological polar surface area (TPSA) is 33.4 Å². The monoisotopic (exact) mass is 372 g/mol. The SMILES string of the molecule is OC(c1cc2cc(Cl)ccc2o1)c1ccc(F)c(F)c1Br. The summed E-state index contributed by atoms with van der Waals surface area (Å²) >= 11 is 8.83. The van der Waals surface area contributed by atoms with Crippen molar-refractivity contribution in [2.24, 2.45) is 0 Å². The van der Waals surface area contributed by atoms with Crippen molar-refractivity contribution in [3.8, 4) is 0 Å². The molecule has 0 aliphatic rings. The zero-order valence-electron chi connectivity index (χ0n) is 10.4. The second kappa shape index (κ2) is 5.40. The number of hydrogen-bond donors (Lipinski definition) is 1. The number of benzene rings is 2. The molecule has 108 valence electrons. The van der Waals surface area contributed by atoms with Gasteiger partial charge >= 0.3 is 0 Å². The van der Waals surface area contributed by atoms with Crippen molar-refractivity contribution in [1.29, 1.82) is 0 Å². The summed E-state index contributed by atoms with van der Waals surface area (Å²) in [5.41, 5.74) is 0.728. The fourth-order valence-corrected chi connectivity index (χ4v) is 2.79. The Kier molecular flexibility index (Phi) is 3.73. The van der Waals surface area contributed by atoms with E-state index in [1.54, 1.807) is 24.3 Å². The Morgan fingerprint density at radius 1 is 1.14 bits per heavy atom. The third-order valence-corrected chi connectivity index (χ3v) is 4.17. The molecule has 3 aromatic rings. The Bertz CT molecular complexity index is 832. The van der Waals surface area contributed by atoms with Crippen molar-refractivity contribution in [2.45, 2.75) is 6.10 Å². The lowest BCUT2D eigenvalue weighted by Crippen LogP contribution is -2.01. The first kappa shape index (κ1) is 14.5. The fraction of sp³-hybridized carbons (Fsp3) is 0.0667. The van der Waals surface area contributed by atoms with Gasteiger partial charge in [-0.1, -0.05) is 17.7 Å². The predicted molar refractivity (Wildman–Crippen MR) is 79.3 cm³/mol. The number of furan rings is 1. The van der Waals surface area contributed by atoms with Crippen LogP contribution in [0.3, 0.4) is 0 Å². The van der Waals surface area contributed by atoms with E-state index in [1.807, 2.05) is 0 Å². The van der Waals surface area contributed by atoms with Crippen LogP contribution in [0.5, 0.6) is 0 Å². The number of halogens is 4. The molecule has 21 heavy (non-hydrogen) atoms. The predicted octanol–water partition coefficient (Wildman–Crippen LogP) is 5.21. The molecule has 0 spiro atoms. The van der Waals surface area contributed by atoms with E-state index in [-0.39, 0.29) is 15.8 Å². The normalized spacial score (nSPS) is 12.8. The van der Waals surface area contributed by atoms with Crippen LogP contribution in [0.2, 0.25) is 5.02 Å². The van der Waals surface area contributed by atoms with E-state index >= 15 is 0 Å². The fourth-order valence-electron chi connectivity index (χ4n) is 2.07. The minimum absolute atomic E-state index is 0.131. The van der Waals surface area contributed by atoms with Gasteiger partial charge in [0.25, 0.3) is 0 Å². The van der Waals surface area contributed by atoms with Crippen molar-refractivity contribution < 1.29 is 18.3 Å². The molecule has 0 radical (unpaired) electrons. The Hall–Kier alpha value is -1.43. The second-order valence-electron chi connectivity index (χ2n) is 4.50.